The van der Waals surface area contributed by atoms with E-state index in [1.54, 1.807) is 30.5 Å². The van der Waals surface area contributed by atoms with Crippen molar-refractivity contribution in [3.8, 4) is 11.5 Å². The van der Waals surface area contributed by atoms with Crippen LogP contribution < -0.4 is 24.4 Å². The Labute approximate surface area is 201 Å². The van der Waals surface area contributed by atoms with Crippen LogP contribution in [0.1, 0.15) is 31.0 Å². The zero-order valence-electron chi connectivity index (χ0n) is 17.8. The second kappa shape index (κ2) is 8.64. The number of fused-ring (bicyclic) bond motifs is 2. The number of carbonyl (C=O) groups is 1. The van der Waals surface area contributed by atoms with Crippen LogP contribution >= 0.6 is 27.3 Å². The van der Waals surface area contributed by atoms with Gasteiger partial charge in [0.05, 0.1) is 28.5 Å². The Morgan fingerprint density at radius 1 is 1.24 bits per heavy atom. The predicted octanol–water partition coefficient (Wildman–Crippen LogP) is 3.29. The third-order valence-electron chi connectivity index (χ3n) is 5.40. The lowest BCUT2D eigenvalue weighted by Gasteiger charge is -2.24. The molecule has 0 aliphatic carbocycles. The molecule has 0 fully saturated rings. The molecule has 0 saturated heterocycles. The van der Waals surface area contributed by atoms with Crippen molar-refractivity contribution in [3.05, 3.63) is 89.0 Å². The molecule has 0 radical (unpaired) electrons. The highest BCUT2D eigenvalue weighted by Crippen LogP contribution is 2.38. The average Bonchev–Trinajstić information content (AvgIpc) is 3.38. The maximum absolute atomic E-state index is 13.6. The maximum Gasteiger partial charge on any atom is 0.338 e. The molecule has 33 heavy (non-hydrogen) atoms. The van der Waals surface area contributed by atoms with Gasteiger partial charge in [-0.05, 0) is 55.3 Å². The Kier molecular flexibility index (Phi) is 5.67. The standard InChI is InChI=1S/C24H19BrN2O5S/c1-3-30-23(29)20-13(2)26-24-27(21(20)15-6-9-17-18(11-15)32-12-31-17)22(28)19(33-24)10-14-4-7-16(25)8-5-14/h4-11,21H,3,12H2,1-2H3/b19-10-. The minimum atomic E-state index is -0.693. The second-order valence-electron chi connectivity index (χ2n) is 7.47. The summed E-state index contributed by atoms with van der Waals surface area (Å²) in [5, 5.41) is 0. The Bertz CT molecular complexity index is 1470. The maximum atomic E-state index is 13.6. The van der Waals surface area contributed by atoms with E-state index in [1.165, 1.54) is 11.3 Å². The van der Waals surface area contributed by atoms with E-state index < -0.39 is 12.0 Å². The van der Waals surface area contributed by atoms with E-state index in [9.17, 15) is 9.59 Å². The van der Waals surface area contributed by atoms with Crippen LogP contribution in [0.5, 0.6) is 11.5 Å². The number of esters is 1. The van der Waals surface area contributed by atoms with Gasteiger partial charge in [-0.3, -0.25) is 9.36 Å². The van der Waals surface area contributed by atoms with E-state index in [0.717, 1.165) is 10.0 Å². The van der Waals surface area contributed by atoms with Gasteiger partial charge in [-0.1, -0.05) is 45.5 Å². The topological polar surface area (TPSA) is 79.1 Å². The summed E-state index contributed by atoms with van der Waals surface area (Å²) in [7, 11) is 0. The zero-order chi connectivity index (χ0) is 23.1. The minimum Gasteiger partial charge on any atom is -0.463 e. The molecule has 2 aliphatic rings. The number of aromatic nitrogens is 1. The van der Waals surface area contributed by atoms with Crippen LogP contribution in [0.15, 0.2) is 68.0 Å². The van der Waals surface area contributed by atoms with Gasteiger partial charge in [0.2, 0.25) is 6.79 Å². The molecule has 0 spiro atoms. The number of rotatable bonds is 4. The van der Waals surface area contributed by atoms with Gasteiger partial charge in [0.25, 0.3) is 5.56 Å². The number of hydrogen-bond acceptors (Lipinski definition) is 7. The molecule has 9 heteroatoms. The third-order valence-corrected chi connectivity index (χ3v) is 6.91. The van der Waals surface area contributed by atoms with Crippen molar-refractivity contribution in [2.45, 2.75) is 19.9 Å². The molecule has 2 aliphatic heterocycles. The van der Waals surface area contributed by atoms with Gasteiger partial charge in [0.1, 0.15) is 0 Å². The lowest BCUT2D eigenvalue weighted by Crippen LogP contribution is -2.39. The van der Waals surface area contributed by atoms with E-state index in [4.69, 9.17) is 14.2 Å². The molecule has 0 N–H and O–H groups in total. The van der Waals surface area contributed by atoms with E-state index >= 15 is 0 Å². The van der Waals surface area contributed by atoms with Gasteiger partial charge in [0.15, 0.2) is 16.3 Å². The summed E-state index contributed by atoms with van der Waals surface area (Å²) in [5.41, 5.74) is 2.24. The summed E-state index contributed by atoms with van der Waals surface area (Å²) in [6.45, 7) is 3.86. The highest BCUT2D eigenvalue weighted by Gasteiger charge is 2.34. The lowest BCUT2D eigenvalue weighted by molar-refractivity contribution is -0.139. The molecule has 2 aromatic carbocycles. The molecule has 0 bridgehead atoms. The minimum absolute atomic E-state index is 0.133. The summed E-state index contributed by atoms with van der Waals surface area (Å²) in [6, 6.07) is 12.4. The van der Waals surface area contributed by atoms with E-state index in [1.807, 2.05) is 36.4 Å². The van der Waals surface area contributed by atoms with Crippen molar-refractivity contribution >= 4 is 39.3 Å². The molecule has 0 amide bonds. The van der Waals surface area contributed by atoms with Crippen LogP contribution in [0, 0.1) is 0 Å². The molecule has 168 valence electrons. The smallest absolute Gasteiger partial charge is 0.338 e. The number of halogens is 1. The Balaban J connectivity index is 1.72. The molecule has 3 aromatic rings. The summed E-state index contributed by atoms with van der Waals surface area (Å²) in [5.74, 6) is 0.700. The van der Waals surface area contributed by atoms with Crippen molar-refractivity contribution in [2.24, 2.45) is 4.99 Å². The predicted molar refractivity (Wildman–Crippen MR) is 127 cm³/mol. The molecule has 7 nitrogen and oxygen atoms in total. The summed E-state index contributed by atoms with van der Waals surface area (Å²) >= 11 is 4.72. The normalized spacial score (nSPS) is 17.1. The largest absolute Gasteiger partial charge is 0.463 e. The number of thiazole rings is 1. The average molecular weight is 527 g/mol. The highest BCUT2D eigenvalue weighted by molar-refractivity contribution is 9.10. The molecule has 1 aromatic heterocycles. The Hall–Kier alpha value is -3.17. The van der Waals surface area contributed by atoms with E-state index in [0.29, 0.717) is 37.7 Å². The number of hydrogen-bond donors (Lipinski definition) is 0. The van der Waals surface area contributed by atoms with E-state index in [2.05, 4.69) is 20.9 Å². The fourth-order valence-electron chi connectivity index (χ4n) is 3.90. The van der Waals surface area contributed by atoms with Gasteiger partial charge in [-0.2, -0.15) is 0 Å². The molecule has 1 atom stereocenters. The van der Waals surface area contributed by atoms with Gasteiger partial charge < -0.3 is 14.2 Å². The number of ether oxygens (including phenoxy) is 3. The molecule has 0 saturated carbocycles. The molecular formula is C24H19BrN2O5S. The lowest BCUT2D eigenvalue weighted by atomic mass is 9.95. The molecule has 3 heterocycles. The van der Waals surface area contributed by atoms with Gasteiger partial charge >= 0.3 is 5.97 Å². The van der Waals surface area contributed by atoms with Crippen LogP contribution in [0.3, 0.4) is 0 Å². The van der Waals surface area contributed by atoms with Crippen molar-refractivity contribution in [2.75, 3.05) is 13.4 Å². The first-order valence-electron chi connectivity index (χ1n) is 10.3. The monoisotopic (exact) mass is 526 g/mol. The second-order valence-corrected chi connectivity index (χ2v) is 9.39. The fraction of sp³-hybridized carbons (Fsp3) is 0.208. The zero-order valence-corrected chi connectivity index (χ0v) is 20.2. The first-order valence-corrected chi connectivity index (χ1v) is 11.9. The summed E-state index contributed by atoms with van der Waals surface area (Å²) in [4.78, 5) is 31.7. The molecular weight excluding hydrogens is 508 g/mol. The Morgan fingerprint density at radius 2 is 2.00 bits per heavy atom. The van der Waals surface area contributed by atoms with Crippen molar-refractivity contribution in [1.82, 2.24) is 4.57 Å². The number of allylic oxidation sites excluding steroid dienone is 1. The highest BCUT2D eigenvalue weighted by atomic mass is 79.9. The number of benzene rings is 2. The van der Waals surface area contributed by atoms with Crippen LogP contribution in [0.2, 0.25) is 0 Å². The fourth-order valence-corrected chi connectivity index (χ4v) is 5.21. The van der Waals surface area contributed by atoms with Crippen molar-refractivity contribution in [3.63, 3.8) is 0 Å². The number of carbonyl (C=O) groups excluding carboxylic acids is 1. The van der Waals surface area contributed by atoms with Gasteiger partial charge in [-0.15, -0.1) is 0 Å². The van der Waals surface area contributed by atoms with Crippen LogP contribution in [-0.2, 0) is 9.53 Å². The summed E-state index contributed by atoms with van der Waals surface area (Å²) < 4.78 is 19.3. The van der Waals surface area contributed by atoms with Crippen molar-refractivity contribution in [1.29, 1.82) is 0 Å². The van der Waals surface area contributed by atoms with Crippen LogP contribution in [0.4, 0.5) is 0 Å². The Morgan fingerprint density at radius 3 is 2.76 bits per heavy atom. The van der Waals surface area contributed by atoms with Crippen molar-refractivity contribution < 1.29 is 19.0 Å². The van der Waals surface area contributed by atoms with Gasteiger partial charge in [-0.25, -0.2) is 9.79 Å². The molecule has 1 unspecified atom stereocenters. The van der Waals surface area contributed by atoms with Crippen LogP contribution in [-0.4, -0.2) is 23.9 Å². The third kappa shape index (κ3) is 3.91. The van der Waals surface area contributed by atoms with E-state index in [-0.39, 0.29) is 19.0 Å². The van der Waals surface area contributed by atoms with Crippen LogP contribution in [0.25, 0.3) is 6.08 Å². The number of nitrogens with zero attached hydrogens (tertiary/aromatic N) is 2. The molecule has 5 rings (SSSR count). The first-order chi connectivity index (χ1) is 16.0. The quantitative estimate of drug-likeness (QED) is 0.487. The summed E-state index contributed by atoms with van der Waals surface area (Å²) in [6.07, 6.45) is 1.83. The SMILES string of the molecule is CCOC(=O)C1=C(C)N=c2s/c(=C\c3ccc(Br)cc3)c(=O)n2C1c1ccc2c(c1)OCO2. The first kappa shape index (κ1) is 21.7. The van der Waals surface area contributed by atoms with Gasteiger partial charge in [0, 0.05) is 4.47 Å².